The molecule has 0 bridgehead atoms. The number of H-pyrrole nitrogens is 1. The van der Waals surface area contributed by atoms with Gasteiger partial charge in [-0.15, -0.1) is 0 Å². The van der Waals surface area contributed by atoms with E-state index in [1.165, 1.54) is 0 Å². The van der Waals surface area contributed by atoms with Gasteiger partial charge >= 0.3 is 5.76 Å². The van der Waals surface area contributed by atoms with Gasteiger partial charge in [0.1, 0.15) is 5.75 Å². The normalized spacial score (nSPS) is 10.3. The molecule has 0 spiro atoms. The van der Waals surface area contributed by atoms with Crippen molar-refractivity contribution < 1.29 is 9.26 Å². The molecule has 0 aliphatic rings. The Kier molecular flexibility index (Phi) is 2.59. The van der Waals surface area contributed by atoms with Crippen LogP contribution in [0.3, 0.4) is 0 Å². The average Bonchev–Trinajstić information content (AvgIpc) is 2.65. The summed E-state index contributed by atoms with van der Waals surface area (Å²) in [6.07, 6.45) is 0. The molecule has 2 aromatic rings. The number of nitrogens with zero attached hydrogens (tertiary/aromatic N) is 1. The Bertz CT molecular complexity index is 532. The minimum Gasteiger partial charge on any atom is -0.496 e. The van der Waals surface area contributed by atoms with Gasteiger partial charge in [-0.1, -0.05) is 21.1 Å². The molecule has 0 aliphatic heterocycles. The number of nitrogens with one attached hydrogen (secondary N) is 1. The summed E-state index contributed by atoms with van der Waals surface area (Å²) in [6, 6.07) is 5.39. The minimum absolute atomic E-state index is 0.346. The van der Waals surface area contributed by atoms with Crippen molar-refractivity contribution in [3.05, 3.63) is 33.2 Å². The first-order valence-electron chi connectivity index (χ1n) is 4.10. The summed E-state index contributed by atoms with van der Waals surface area (Å²) in [6.45, 7) is 0. The molecule has 0 amide bonds. The monoisotopic (exact) mass is 270 g/mol. The molecule has 1 N–H and O–H groups in total. The number of hydrogen-bond acceptors (Lipinski definition) is 4. The van der Waals surface area contributed by atoms with Crippen molar-refractivity contribution in [3.8, 4) is 17.1 Å². The fraction of sp³-hybridized carbons (Fsp3) is 0.111. The van der Waals surface area contributed by atoms with Gasteiger partial charge in [0, 0.05) is 4.47 Å². The molecule has 0 saturated carbocycles. The molecule has 0 aliphatic carbocycles. The summed E-state index contributed by atoms with van der Waals surface area (Å²) >= 11 is 3.32. The van der Waals surface area contributed by atoms with E-state index in [1.54, 1.807) is 19.2 Å². The van der Waals surface area contributed by atoms with Gasteiger partial charge in [0.2, 0.25) is 0 Å². The van der Waals surface area contributed by atoms with Crippen molar-refractivity contribution in [1.29, 1.82) is 0 Å². The quantitative estimate of drug-likeness (QED) is 0.904. The van der Waals surface area contributed by atoms with Crippen LogP contribution in [0.2, 0.25) is 0 Å². The number of rotatable bonds is 2. The van der Waals surface area contributed by atoms with E-state index in [1.807, 2.05) is 6.07 Å². The van der Waals surface area contributed by atoms with Gasteiger partial charge in [-0.25, -0.2) is 4.79 Å². The Morgan fingerprint density at radius 3 is 2.93 bits per heavy atom. The van der Waals surface area contributed by atoms with E-state index in [0.717, 1.165) is 4.47 Å². The van der Waals surface area contributed by atoms with Crippen molar-refractivity contribution in [1.82, 2.24) is 10.1 Å². The second-order valence-corrected chi connectivity index (χ2v) is 3.70. The summed E-state index contributed by atoms with van der Waals surface area (Å²) < 4.78 is 10.4. The molecule has 15 heavy (non-hydrogen) atoms. The molecule has 0 fully saturated rings. The first kappa shape index (κ1) is 9.97. The number of hydrogen-bond donors (Lipinski definition) is 1. The van der Waals surface area contributed by atoms with Gasteiger partial charge in [-0.05, 0) is 18.2 Å². The number of methoxy groups -OCH3 is 1. The molecule has 1 aromatic carbocycles. The predicted molar refractivity (Wildman–Crippen MR) is 56.8 cm³/mol. The highest BCUT2D eigenvalue weighted by Gasteiger charge is 2.10. The van der Waals surface area contributed by atoms with E-state index in [4.69, 9.17) is 4.74 Å². The van der Waals surface area contributed by atoms with Gasteiger partial charge in [-0.3, -0.25) is 9.51 Å². The lowest BCUT2D eigenvalue weighted by Gasteiger charge is -2.04. The lowest BCUT2D eigenvalue weighted by molar-refractivity contribution is 0.386. The molecule has 1 aromatic heterocycles. The lowest BCUT2D eigenvalue weighted by atomic mass is 10.2. The summed E-state index contributed by atoms with van der Waals surface area (Å²) in [5.74, 6) is 0.368. The van der Waals surface area contributed by atoms with E-state index < -0.39 is 5.76 Å². The molecule has 1 heterocycles. The zero-order valence-corrected chi connectivity index (χ0v) is 9.37. The molecule has 0 radical (unpaired) electrons. The zero-order valence-electron chi connectivity index (χ0n) is 7.78. The third-order valence-corrected chi connectivity index (χ3v) is 2.35. The van der Waals surface area contributed by atoms with Crippen LogP contribution in [0.15, 0.2) is 32.0 Å². The molecule has 2 rings (SSSR count). The van der Waals surface area contributed by atoms with Crippen molar-refractivity contribution in [2.45, 2.75) is 0 Å². The van der Waals surface area contributed by atoms with Crippen molar-refractivity contribution in [2.24, 2.45) is 0 Å². The second kappa shape index (κ2) is 3.90. The number of halogens is 1. The maximum absolute atomic E-state index is 10.8. The van der Waals surface area contributed by atoms with Crippen LogP contribution in [0.1, 0.15) is 0 Å². The fourth-order valence-electron chi connectivity index (χ4n) is 1.21. The lowest BCUT2D eigenvalue weighted by Crippen LogP contribution is -1.96. The smallest absolute Gasteiger partial charge is 0.439 e. The van der Waals surface area contributed by atoms with Crippen LogP contribution < -0.4 is 10.5 Å². The summed E-state index contributed by atoms with van der Waals surface area (Å²) in [5.41, 5.74) is 0.665. The third kappa shape index (κ3) is 1.94. The van der Waals surface area contributed by atoms with Crippen LogP contribution >= 0.6 is 15.9 Å². The fourth-order valence-corrected chi connectivity index (χ4v) is 1.57. The van der Waals surface area contributed by atoms with Gasteiger partial charge in [0.05, 0.1) is 12.7 Å². The van der Waals surface area contributed by atoms with E-state index >= 15 is 0 Å². The Labute approximate surface area is 93.2 Å². The summed E-state index contributed by atoms with van der Waals surface area (Å²) in [5, 5.41) is 3.59. The van der Waals surface area contributed by atoms with Gasteiger partial charge in [-0.2, -0.15) is 0 Å². The molecular weight excluding hydrogens is 264 g/mol. The van der Waals surface area contributed by atoms with Crippen molar-refractivity contribution in [3.63, 3.8) is 0 Å². The van der Waals surface area contributed by atoms with Gasteiger partial charge in [0.25, 0.3) is 0 Å². The van der Waals surface area contributed by atoms with E-state index in [-0.39, 0.29) is 0 Å². The van der Waals surface area contributed by atoms with E-state index in [9.17, 15) is 4.79 Å². The zero-order chi connectivity index (χ0) is 10.8. The molecule has 0 atom stereocenters. The summed E-state index contributed by atoms with van der Waals surface area (Å²) in [4.78, 5) is 13.3. The van der Waals surface area contributed by atoms with E-state index in [0.29, 0.717) is 17.1 Å². The van der Waals surface area contributed by atoms with Crippen LogP contribution in [0, 0.1) is 0 Å². The van der Waals surface area contributed by atoms with Crippen molar-refractivity contribution in [2.75, 3.05) is 7.11 Å². The average molecular weight is 271 g/mol. The van der Waals surface area contributed by atoms with Crippen LogP contribution in [-0.2, 0) is 0 Å². The summed E-state index contributed by atoms with van der Waals surface area (Å²) in [7, 11) is 1.55. The van der Waals surface area contributed by atoms with Gasteiger partial charge < -0.3 is 4.74 Å². The van der Waals surface area contributed by atoms with E-state index in [2.05, 4.69) is 30.6 Å². The predicted octanol–water partition coefficient (Wildman–Crippen LogP) is 1.80. The number of aromatic nitrogens is 2. The number of benzene rings is 1. The number of ether oxygens (including phenoxy) is 1. The Balaban J connectivity index is 2.59. The molecule has 78 valence electrons. The first-order chi connectivity index (χ1) is 7.20. The highest BCUT2D eigenvalue weighted by molar-refractivity contribution is 9.10. The topological polar surface area (TPSA) is 68.1 Å². The highest BCUT2D eigenvalue weighted by Crippen LogP contribution is 2.29. The SMILES string of the molecule is COc1ccc(Br)cc1-c1noc(=O)[nH]1. The molecule has 6 heteroatoms. The Morgan fingerprint density at radius 2 is 2.33 bits per heavy atom. The molecule has 0 unspecified atom stereocenters. The second-order valence-electron chi connectivity index (χ2n) is 2.79. The Hall–Kier alpha value is -1.56. The van der Waals surface area contributed by atoms with Crippen molar-refractivity contribution >= 4 is 15.9 Å². The molecule has 5 nitrogen and oxygen atoms in total. The third-order valence-electron chi connectivity index (χ3n) is 1.86. The maximum atomic E-state index is 10.8. The highest BCUT2D eigenvalue weighted by atomic mass is 79.9. The Morgan fingerprint density at radius 1 is 1.53 bits per heavy atom. The van der Waals surface area contributed by atoms with Gasteiger partial charge in [0.15, 0.2) is 5.82 Å². The van der Waals surface area contributed by atoms with Crippen LogP contribution in [0.25, 0.3) is 11.4 Å². The largest absolute Gasteiger partial charge is 0.496 e. The van der Waals surface area contributed by atoms with Crippen LogP contribution in [0.4, 0.5) is 0 Å². The van der Waals surface area contributed by atoms with Crippen LogP contribution in [0.5, 0.6) is 5.75 Å². The first-order valence-corrected chi connectivity index (χ1v) is 4.90. The molecular formula is C9H7BrN2O3. The standard InChI is InChI=1S/C9H7BrN2O3/c1-14-7-3-2-5(10)4-6(7)8-11-9(13)15-12-8/h2-4H,1H3,(H,11,12,13). The molecule has 0 saturated heterocycles. The van der Waals surface area contributed by atoms with Crippen LogP contribution in [-0.4, -0.2) is 17.3 Å². The number of aromatic amines is 1. The minimum atomic E-state index is -0.591. The maximum Gasteiger partial charge on any atom is 0.439 e.